The third kappa shape index (κ3) is 2.35. The van der Waals surface area contributed by atoms with Crippen molar-refractivity contribution in [3.8, 4) is 16.3 Å². The fourth-order valence-corrected chi connectivity index (χ4v) is 2.83. The molecule has 0 atom stereocenters. The average molecular weight is 313 g/mol. The molecule has 0 saturated carbocycles. The molecule has 0 unspecified atom stereocenters. The smallest absolute Gasteiger partial charge is 0.250 e. The lowest BCUT2D eigenvalue weighted by atomic mass is 9.99. The molecule has 0 aliphatic carbocycles. The van der Waals surface area contributed by atoms with Crippen molar-refractivity contribution in [1.82, 2.24) is 14.8 Å². The lowest BCUT2D eigenvalue weighted by Gasteiger charge is -2.12. The van der Waals surface area contributed by atoms with Crippen LogP contribution in [0.4, 0.5) is 0 Å². The number of carbonyl (C=O) groups excluding carboxylic acids is 2. The van der Waals surface area contributed by atoms with Gasteiger partial charge in [-0.2, -0.15) is 5.10 Å². The van der Waals surface area contributed by atoms with Gasteiger partial charge in [0.2, 0.25) is 11.8 Å². The Labute approximate surface area is 129 Å². The third-order valence-electron chi connectivity index (χ3n) is 3.07. The van der Waals surface area contributed by atoms with Gasteiger partial charge in [-0.3, -0.25) is 9.59 Å². The van der Waals surface area contributed by atoms with Crippen molar-refractivity contribution in [2.24, 2.45) is 11.5 Å². The fraction of sp³-hybridized carbons (Fsp3) is 0. The zero-order chi connectivity index (χ0) is 15.7. The molecule has 3 rings (SSSR count). The molecule has 8 heteroatoms. The molecule has 110 valence electrons. The normalized spacial score (nSPS) is 10.5. The van der Waals surface area contributed by atoms with Crippen molar-refractivity contribution < 1.29 is 9.59 Å². The summed E-state index contributed by atoms with van der Waals surface area (Å²) in [5, 5.41) is 6.46. The van der Waals surface area contributed by atoms with E-state index >= 15 is 0 Å². The zero-order valence-electron chi connectivity index (χ0n) is 11.3. The first kappa shape index (κ1) is 14.0. The molecule has 0 fully saturated rings. The summed E-state index contributed by atoms with van der Waals surface area (Å²) in [6.07, 6.45) is 4.93. The lowest BCUT2D eigenvalue weighted by molar-refractivity contribution is 0.0967. The third-order valence-corrected chi connectivity index (χ3v) is 3.87. The Morgan fingerprint density at radius 2 is 1.95 bits per heavy atom. The van der Waals surface area contributed by atoms with Crippen LogP contribution in [0.3, 0.4) is 0 Å². The zero-order valence-corrected chi connectivity index (χ0v) is 12.1. The van der Waals surface area contributed by atoms with Crippen LogP contribution in [0.2, 0.25) is 0 Å². The molecule has 0 saturated heterocycles. The predicted octanol–water partition coefficient (Wildman–Crippen LogP) is 1.19. The molecule has 2 amide bonds. The summed E-state index contributed by atoms with van der Waals surface area (Å²) in [5.41, 5.74) is 12.0. The number of benzene rings is 1. The second-order valence-electron chi connectivity index (χ2n) is 4.43. The molecular formula is C14H11N5O2S. The Bertz CT molecular complexity index is 841. The van der Waals surface area contributed by atoms with Crippen molar-refractivity contribution in [3.05, 3.63) is 53.3 Å². The minimum atomic E-state index is -0.736. The highest BCUT2D eigenvalue weighted by atomic mass is 32.1. The van der Waals surface area contributed by atoms with E-state index in [0.717, 1.165) is 0 Å². The number of aromatic nitrogens is 3. The second kappa shape index (κ2) is 5.41. The maximum Gasteiger partial charge on any atom is 0.250 e. The van der Waals surface area contributed by atoms with Crippen molar-refractivity contribution in [1.29, 1.82) is 0 Å². The number of nitrogens with two attached hydrogens (primary N) is 2. The van der Waals surface area contributed by atoms with Crippen LogP contribution in [0.25, 0.3) is 16.3 Å². The molecule has 0 radical (unpaired) electrons. The van der Waals surface area contributed by atoms with Crippen molar-refractivity contribution >= 4 is 23.2 Å². The van der Waals surface area contributed by atoms with Crippen LogP contribution < -0.4 is 11.5 Å². The van der Waals surface area contributed by atoms with E-state index in [1.807, 2.05) is 0 Å². The maximum atomic E-state index is 11.8. The van der Waals surface area contributed by atoms with Gasteiger partial charge < -0.3 is 11.5 Å². The number of hydrogen-bond acceptors (Lipinski definition) is 5. The molecule has 7 nitrogen and oxygen atoms in total. The summed E-state index contributed by atoms with van der Waals surface area (Å²) >= 11 is 1.33. The highest BCUT2D eigenvalue weighted by molar-refractivity contribution is 7.13. The van der Waals surface area contributed by atoms with Crippen LogP contribution in [0.15, 0.2) is 42.2 Å². The van der Waals surface area contributed by atoms with E-state index in [1.54, 1.807) is 40.8 Å². The van der Waals surface area contributed by atoms with Gasteiger partial charge in [0.05, 0.1) is 16.8 Å². The Balaban J connectivity index is 2.34. The van der Waals surface area contributed by atoms with Crippen molar-refractivity contribution in [2.45, 2.75) is 0 Å². The fourth-order valence-electron chi connectivity index (χ4n) is 2.17. The Morgan fingerprint density at radius 3 is 2.50 bits per heavy atom. The van der Waals surface area contributed by atoms with E-state index in [4.69, 9.17) is 11.5 Å². The SMILES string of the molecule is NC(=O)c1cc(-n2cccn2)cc(-c2nccs2)c1C(N)=O. The molecule has 3 aromatic rings. The summed E-state index contributed by atoms with van der Waals surface area (Å²) in [5.74, 6) is -1.47. The Hall–Kier alpha value is -3.00. The van der Waals surface area contributed by atoms with E-state index < -0.39 is 11.8 Å². The first-order chi connectivity index (χ1) is 10.6. The van der Waals surface area contributed by atoms with E-state index in [1.165, 1.54) is 17.4 Å². The number of primary amides is 2. The molecule has 22 heavy (non-hydrogen) atoms. The van der Waals surface area contributed by atoms with Gasteiger partial charge in [-0.05, 0) is 18.2 Å². The first-order valence-corrected chi connectivity index (χ1v) is 7.13. The Morgan fingerprint density at radius 1 is 1.14 bits per heavy atom. The maximum absolute atomic E-state index is 11.8. The van der Waals surface area contributed by atoms with Gasteiger partial charge in [0.25, 0.3) is 0 Å². The van der Waals surface area contributed by atoms with E-state index in [0.29, 0.717) is 16.3 Å². The predicted molar refractivity (Wildman–Crippen MR) is 81.7 cm³/mol. The van der Waals surface area contributed by atoms with Gasteiger partial charge in [-0.15, -0.1) is 11.3 Å². The summed E-state index contributed by atoms with van der Waals surface area (Å²) in [6, 6.07) is 4.94. The summed E-state index contributed by atoms with van der Waals surface area (Å²) in [6.45, 7) is 0. The van der Waals surface area contributed by atoms with Crippen molar-refractivity contribution in [3.63, 3.8) is 0 Å². The first-order valence-electron chi connectivity index (χ1n) is 6.25. The molecule has 2 aromatic heterocycles. The highest BCUT2D eigenvalue weighted by Crippen LogP contribution is 2.30. The topological polar surface area (TPSA) is 117 Å². The average Bonchev–Trinajstić information content (AvgIpc) is 3.18. The van der Waals surface area contributed by atoms with E-state index in [2.05, 4.69) is 10.1 Å². The number of carbonyl (C=O) groups is 2. The van der Waals surface area contributed by atoms with Gasteiger partial charge in [0.1, 0.15) is 5.01 Å². The molecular weight excluding hydrogens is 302 g/mol. The van der Waals surface area contributed by atoms with Crippen LogP contribution in [0, 0.1) is 0 Å². The quantitative estimate of drug-likeness (QED) is 0.752. The minimum Gasteiger partial charge on any atom is -0.366 e. The molecule has 1 aromatic carbocycles. The monoisotopic (exact) mass is 313 g/mol. The molecule has 4 N–H and O–H groups in total. The van der Waals surface area contributed by atoms with Crippen LogP contribution in [0.1, 0.15) is 20.7 Å². The van der Waals surface area contributed by atoms with E-state index in [-0.39, 0.29) is 11.1 Å². The number of thiazole rings is 1. The van der Waals surface area contributed by atoms with Gasteiger partial charge >= 0.3 is 0 Å². The standard InChI is InChI=1S/C14H11N5O2S/c15-12(20)9-6-8(19-4-1-2-18-19)7-10(11(9)13(16)21)14-17-3-5-22-14/h1-7H,(H2,15,20)(H2,16,21). The van der Waals surface area contributed by atoms with Crippen LogP contribution in [-0.4, -0.2) is 26.6 Å². The molecule has 0 aliphatic heterocycles. The summed E-state index contributed by atoms with van der Waals surface area (Å²) in [7, 11) is 0. The number of rotatable bonds is 4. The lowest BCUT2D eigenvalue weighted by Crippen LogP contribution is -2.22. The molecule has 0 bridgehead atoms. The number of nitrogens with zero attached hydrogens (tertiary/aromatic N) is 3. The van der Waals surface area contributed by atoms with Gasteiger partial charge in [-0.25, -0.2) is 9.67 Å². The van der Waals surface area contributed by atoms with Crippen LogP contribution >= 0.6 is 11.3 Å². The molecule has 2 heterocycles. The minimum absolute atomic E-state index is 0.0469. The summed E-state index contributed by atoms with van der Waals surface area (Å²) < 4.78 is 1.56. The van der Waals surface area contributed by atoms with E-state index in [9.17, 15) is 9.59 Å². The second-order valence-corrected chi connectivity index (χ2v) is 5.33. The number of amides is 2. The van der Waals surface area contributed by atoms with Gasteiger partial charge in [-0.1, -0.05) is 0 Å². The number of hydrogen-bond donors (Lipinski definition) is 2. The van der Waals surface area contributed by atoms with Gasteiger partial charge in [0.15, 0.2) is 0 Å². The summed E-state index contributed by atoms with van der Waals surface area (Å²) in [4.78, 5) is 27.7. The van der Waals surface area contributed by atoms with Crippen molar-refractivity contribution in [2.75, 3.05) is 0 Å². The highest BCUT2D eigenvalue weighted by Gasteiger charge is 2.22. The Kier molecular flexibility index (Phi) is 3.43. The van der Waals surface area contributed by atoms with Crippen LogP contribution in [-0.2, 0) is 0 Å². The molecule has 0 spiro atoms. The largest absolute Gasteiger partial charge is 0.366 e. The van der Waals surface area contributed by atoms with Gasteiger partial charge in [0, 0.05) is 29.5 Å². The van der Waals surface area contributed by atoms with Crippen LogP contribution in [0.5, 0.6) is 0 Å². The molecule has 0 aliphatic rings.